The summed E-state index contributed by atoms with van der Waals surface area (Å²) in [5, 5.41) is 4.31. The Morgan fingerprint density at radius 2 is 2.05 bits per heavy atom. The second-order valence-electron chi connectivity index (χ2n) is 5.53. The van der Waals surface area contributed by atoms with Gasteiger partial charge in [0.1, 0.15) is 0 Å². The highest BCUT2D eigenvalue weighted by Crippen LogP contribution is 2.36. The minimum Gasteiger partial charge on any atom is -0.338 e. The first-order valence-electron chi connectivity index (χ1n) is 6.55. The third-order valence-electron chi connectivity index (χ3n) is 4.22. The van der Waals surface area contributed by atoms with E-state index in [0.717, 1.165) is 39.0 Å². The molecule has 2 aliphatic rings. The summed E-state index contributed by atoms with van der Waals surface area (Å²) in [5.41, 5.74) is 0.920. The minimum atomic E-state index is 0. The van der Waals surface area contributed by atoms with Crippen LogP contribution < -0.4 is 5.32 Å². The van der Waals surface area contributed by atoms with E-state index in [1.165, 1.54) is 0 Å². The van der Waals surface area contributed by atoms with Gasteiger partial charge in [0.25, 0.3) is 5.91 Å². The lowest BCUT2D eigenvalue weighted by atomic mass is 9.86. The zero-order valence-corrected chi connectivity index (χ0v) is 13.3. The van der Waals surface area contributed by atoms with Crippen LogP contribution >= 0.6 is 35.6 Å². The fourth-order valence-electron chi connectivity index (χ4n) is 3.06. The van der Waals surface area contributed by atoms with Crippen molar-refractivity contribution in [1.82, 2.24) is 10.2 Å². The van der Waals surface area contributed by atoms with Gasteiger partial charge in [-0.3, -0.25) is 4.79 Å². The molecule has 1 spiro atoms. The number of carbonyl (C=O) groups is 1. The van der Waals surface area contributed by atoms with Crippen molar-refractivity contribution >= 4 is 41.5 Å². The molecular formula is C14H17Cl3N2O. The van der Waals surface area contributed by atoms with Crippen LogP contribution in [0.4, 0.5) is 0 Å². The molecule has 1 aromatic carbocycles. The minimum absolute atomic E-state index is 0. The molecule has 20 heavy (non-hydrogen) atoms. The Hall–Kier alpha value is -0.480. The van der Waals surface area contributed by atoms with Crippen molar-refractivity contribution in [2.75, 3.05) is 26.2 Å². The molecule has 0 aliphatic carbocycles. The molecular weight excluding hydrogens is 319 g/mol. The van der Waals surface area contributed by atoms with Crippen LogP contribution in [-0.2, 0) is 0 Å². The Kier molecular flexibility index (Phi) is 4.85. The zero-order valence-electron chi connectivity index (χ0n) is 11.0. The first-order valence-corrected chi connectivity index (χ1v) is 7.30. The highest BCUT2D eigenvalue weighted by atomic mass is 35.5. The summed E-state index contributed by atoms with van der Waals surface area (Å²) in [6.45, 7) is 3.77. The van der Waals surface area contributed by atoms with Crippen LogP contribution in [0.3, 0.4) is 0 Å². The largest absolute Gasteiger partial charge is 0.338 e. The molecule has 1 amide bonds. The molecule has 1 aromatic rings. The van der Waals surface area contributed by atoms with Crippen LogP contribution in [0.1, 0.15) is 23.2 Å². The fourth-order valence-corrected chi connectivity index (χ4v) is 3.36. The SMILES string of the molecule is Cl.O=C(c1ccc(Cl)c(Cl)c1)N1CCC2(CCNC2)C1. The van der Waals surface area contributed by atoms with Gasteiger partial charge < -0.3 is 10.2 Å². The van der Waals surface area contributed by atoms with Crippen molar-refractivity contribution in [3.05, 3.63) is 33.8 Å². The highest BCUT2D eigenvalue weighted by molar-refractivity contribution is 6.42. The maximum Gasteiger partial charge on any atom is 0.253 e. The Labute approximate surface area is 135 Å². The van der Waals surface area contributed by atoms with E-state index < -0.39 is 0 Å². The molecule has 3 rings (SSSR count). The molecule has 1 N–H and O–H groups in total. The van der Waals surface area contributed by atoms with Crippen molar-refractivity contribution < 1.29 is 4.79 Å². The van der Waals surface area contributed by atoms with Crippen molar-refractivity contribution in [2.24, 2.45) is 5.41 Å². The van der Waals surface area contributed by atoms with Gasteiger partial charge in [0.15, 0.2) is 0 Å². The number of benzene rings is 1. The monoisotopic (exact) mass is 334 g/mol. The van der Waals surface area contributed by atoms with Gasteiger partial charge in [-0.05, 0) is 37.6 Å². The van der Waals surface area contributed by atoms with Crippen molar-refractivity contribution in [3.63, 3.8) is 0 Å². The lowest BCUT2D eigenvalue weighted by molar-refractivity contribution is 0.0776. The van der Waals surface area contributed by atoms with E-state index in [4.69, 9.17) is 23.2 Å². The van der Waals surface area contributed by atoms with Gasteiger partial charge in [-0.25, -0.2) is 0 Å². The van der Waals surface area contributed by atoms with Gasteiger partial charge in [0.2, 0.25) is 0 Å². The zero-order chi connectivity index (χ0) is 13.5. The number of likely N-dealkylation sites (tertiary alicyclic amines) is 1. The maximum atomic E-state index is 12.5. The van der Waals surface area contributed by atoms with Crippen molar-refractivity contribution in [1.29, 1.82) is 0 Å². The van der Waals surface area contributed by atoms with Crippen LogP contribution in [0.25, 0.3) is 0 Å². The Bertz CT molecular complexity index is 515. The molecule has 3 nitrogen and oxygen atoms in total. The standard InChI is InChI=1S/C14H16Cl2N2O.ClH/c15-11-2-1-10(7-12(11)16)13(19)18-6-4-14(9-18)3-5-17-8-14;/h1-2,7,17H,3-6,8-9H2;1H. The molecule has 2 aliphatic heterocycles. The normalized spacial score (nSPS) is 25.0. The van der Waals surface area contributed by atoms with E-state index in [2.05, 4.69) is 5.32 Å². The number of hydrogen-bond donors (Lipinski definition) is 1. The highest BCUT2D eigenvalue weighted by Gasteiger charge is 2.41. The summed E-state index contributed by atoms with van der Waals surface area (Å²) in [5.74, 6) is 0.0577. The predicted octanol–water partition coefficient (Wildman–Crippen LogP) is 3.24. The quantitative estimate of drug-likeness (QED) is 0.854. The molecule has 1 unspecified atom stereocenters. The summed E-state index contributed by atoms with van der Waals surface area (Å²) >= 11 is 11.9. The van der Waals surface area contributed by atoms with E-state index in [1.54, 1.807) is 18.2 Å². The average molecular weight is 336 g/mol. The van der Waals surface area contributed by atoms with Gasteiger partial charge in [-0.2, -0.15) is 0 Å². The van der Waals surface area contributed by atoms with E-state index >= 15 is 0 Å². The van der Waals surface area contributed by atoms with Gasteiger partial charge in [-0.15, -0.1) is 12.4 Å². The lowest BCUT2D eigenvalue weighted by Crippen LogP contribution is -2.33. The molecule has 2 heterocycles. The average Bonchev–Trinajstić information content (AvgIpc) is 3.03. The molecule has 0 bridgehead atoms. The van der Waals surface area contributed by atoms with Crippen LogP contribution in [0.2, 0.25) is 10.0 Å². The fraction of sp³-hybridized carbons (Fsp3) is 0.500. The second-order valence-corrected chi connectivity index (χ2v) is 6.35. The van der Waals surface area contributed by atoms with Crippen molar-refractivity contribution in [3.8, 4) is 0 Å². The topological polar surface area (TPSA) is 32.3 Å². The lowest BCUT2D eigenvalue weighted by Gasteiger charge is -2.22. The second kappa shape index (κ2) is 6.10. The summed E-state index contributed by atoms with van der Waals surface area (Å²) in [6.07, 6.45) is 2.26. The summed E-state index contributed by atoms with van der Waals surface area (Å²) in [6, 6.07) is 5.08. The number of nitrogens with zero attached hydrogens (tertiary/aromatic N) is 1. The van der Waals surface area contributed by atoms with Gasteiger partial charge in [0, 0.05) is 30.6 Å². The summed E-state index contributed by atoms with van der Waals surface area (Å²) in [7, 11) is 0. The first kappa shape index (κ1) is 15.9. The number of carbonyl (C=O) groups excluding carboxylic acids is 1. The number of amides is 1. The molecule has 2 fully saturated rings. The molecule has 0 saturated carbocycles. The molecule has 1 atom stereocenters. The molecule has 6 heteroatoms. The Morgan fingerprint density at radius 1 is 1.25 bits per heavy atom. The van der Waals surface area contributed by atoms with Gasteiger partial charge in [0.05, 0.1) is 10.0 Å². The molecule has 110 valence electrons. The van der Waals surface area contributed by atoms with Crippen LogP contribution in [-0.4, -0.2) is 37.0 Å². The van der Waals surface area contributed by atoms with Crippen LogP contribution in [0.15, 0.2) is 18.2 Å². The van der Waals surface area contributed by atoms with Gasteiger partial charge in [-0.1, -0.05) is 23.2 Å². The first-order chi connectivity index (χ1) is 9.10. The van der Waals surface area contributed by atoms with E-state index in [1.807, 2.05) is 4.90 Å². The predicted molar refractivity (Wildman–Crippen MR) is 84.2 cm³/mol. The maximum absolute atomic E-state index is 12.5. The van der Waals surface area contributed by atoms with E-state index in [9.17, 15) is 4.79 Å². The van der Waals surface area contributed by atoms with E-state index in [-0.39, 0.29) is 18.3 Å². The van der Waals surface area contributed by atoms with E-state index in [0.29, 0.717) is 21.0 Å². The molecule has 0 radical (unpaired) electrons. The third-order valence-corrected chi connectivity index (χ3v) is 4.96. The number of halogens is 3. The number of rotatable bonds is 1. The number of nitrogens with one attached hydrogen (secondary N) is 1. The van der Waals surface area contributed by atoms with Gasteiger partial charge >= 0.3 is 0 Å². The Morgan fingerprint density at radius 3 is 2.70 bits per heavy atom. The van der Waals surface area contributed by atoms with Crippen molar-refractivity contribution in [2.45, 2.75) is 12.8 Å². The summed E-state index contributed by atoms with van der Waals surface area (Å²) < 4.78 is 0. The van der Waals surface area contributed by atoms with Crippen LogP contribution in [0.5, 0.6) is 0 Å². The molecule has 0 aromatic heterocycles. The van der Waals surface area contributed by atoms with Crippen LogP contribution in [0, 0.1) is 5.41 Å². The summed E-state index contributed by atoms with van der Waals surface area (Å²) in [4.78, 5) is 14.4. The molecule has 2 saturated heterocycles. The Balaban J connectivity index is 0.00000147. The smallest absolute Gasteiger partial charge is 0.253 e. The third kappa shape index (κ3) is 2.91. The number of hydrogen-bond acceptors (Lipinski definition) is 2.